The van der Waals surface area contributed by atoms with Crippen LogP contribution in [0.2, 0.25) is 0 Å². The minimum atomic E-state index is 0.0937. The summed E-state index contributed by atoms with van der Waals surface area (Å²) < 4.78 is 11.7. The number of aromatic nitrogens is 2. The van der Waals surface area contributed by atoms with Crippen molar-refractivity contribution in [3.63, 3.8) is 0 Å². The van der Waals surface area contributed by atoms with Crippen molar-refractivity contribution >= 4 is 5.91 Å². The van der Waals surface area contributed by atoms with Crippen molar-refractivity contribution in [2.75, 3.05) is 26.3 Å². The first-order valence-electron chi connectivity index (χ1n) is 9.09. The number of hydrogen-bond acceptors (Lipinski definition) is 5. The van der Waals surface area contributed by atoms with Crippen molar-refractivity contribution in [3.05, 3.63) is 54.5 Å². The predicted octanol–water partition coefficient (Wildman–Crippen LogP) is 2.57. The summed E-state index contributed by atoms with van der Waals surface area (Å²) in [6, 6.07) is 9.19. The van der Waals surface area contributed by atoms with Gasteiger partial charge in [-0.05, 0) is 42.9 Å². The van der Waals surface area contributed by atoms with Crippen LogP contribution in [0.1, 0.15) is 29.6 Å². The molecule has 2 aromatic heterocycles. The first-order chi connectivity index (χ1) is 12.7. The minimum Gasteiger partial charge on any atom is -0.475 e. The molecule has 0 aromatic carbocycles. The maximum absolute atomic E-state index is 12.6. The molecule has 2 aliphatic rings. The van der Waals surface area contributed by atoms with E-state index in [0.29, 0.717) is 18.1 Å². The molecule has 4 rings (SSSR count). The molecule has 0 radical (unpaired) electrons. The molecular weight excluding hydrogens is 330 g/mol. The monoisotopic (exact) mass is 353 g/mol. The summed E-state index contributed by atoms with van der Waals surface area (Å²) in [5, 5.41) is 0. The third-order valence-electron chi connectivity index (χ3n) is 5.38. The summed E-state index contributed by atoms with van der Waals surface area (Å²) in [7, 11) is 0. The van der Waals surface area contributed by atoms with Crippen LogP contribution < -0.4 is 4.74 Å². The Labute approximate surface area is 153 Å². The van der Waals surface area contributed by atoms with Gasteiger partial charge in [0.2, 0.25) is 5.88 Å². The highest BCUT2D eigenvalue weighted by molar-refractivity contribution is 5.94. The van der Waals surface area contributed by atoms with Crippen LogP contribution >= 0.6 is 0 Å². The van der Waals surface area contributed by atoms with Gasteiger partial charge in [-0.15, -0.1) is 0 Å². The number of rotatable bonds is 4. The number of hydrogen-bond donors (Lipinski definition) is 0. The third-order valence-corrected chi connectivity index (χ3v) is 5.38. The zero-order valence-corrected chi connectivity index (χ0v) is 14.7. The van der Waals surface area contributed by atoms with Gasteiger partial charge in [-0.2, -0.15) is 0 Å². The molecule has 2 fully saturated rings. The van der Waals surface area contributed by atoms with E-state index >= 15 is 0 Å². The van der Waals surface area contributed by atoms with Crippen molar-refractivity contribution in [1.29, 1.82) is 0 Å². The third kappa shape index (κ3) is 3.70. The predicted molar refractivity (Wildman–Crippen MR) is 95.9 cm³/mol. The van der Waals surface area contributed by atoms with E-state index in [4.69, 9.17) is 9.47 Å². The van der Waals surface area contributed by atoms with Gasteiger partial charge in [0.05, 0.1) is 12.7 Å². The van der Waals surface area contributed by atoms with Crippen LogP contribution in [-0.2, 0) is 4.74 Å². The van der Waals surface area contributed by atoms with E-state index in [-0.39, 0.29) is 17.4 Å². The average molecular weight is 353 g/mol. The molecule has 1 atom stereocenters. The Balaban J connectivity index is 1.28. The van der Waals surface area contributed by atoms with Gasteiger partial charge in [0, 0.05) is 43.3 Å². The Morgan fingerprint density at radius 3 is 2.73 bits per heavy atom. The molecule has 0 saturated carbocycles. The maximum atomic E-state index is 12.6. The first-order valence-corrected chi connectivity index (χ1v) is 9.09. The molecule has 4 heterocycles. The molecule has 2 saturated heterocycles. The lowest BCUT2D eigenvalue weighted by atomic mass is 9.76. The number of pyridine rings is 2. The van der Waals surface area contributed by atoms with Gasteiger partial charge < -0.3 is 14.4 Å². The fourth-order valence-electron chi connectivity index (χ4n) is 3.82. The lowest BCUT2D eigenvalue weighted by molar-refractivity contribution is 0.0423. The van der Waals surface area contributed by atoms with Gasteiger partial charge in [-0.1, -0.05) is 6.07 Å². The Bertz CT molecular complexity index is 730. The van der Waals surface area contributed by atoms with Crippen molar-refractivity contribution in [2.24, 2.45) is 5.41 Å². The van der Waals surface area contributed by atoms with Crippen LogP contribution in [0.15, 0.2) is 48.9 Å². The summed E-state index contributed by atoms with van der Waals surface area (Å²) in [6.45, 7) is 2.83. The van der Waals surface area contributed by atoms with Crippen LogP contribution in [-0.4, -0.2) is 53.2 Å². The Morgan fingerprint density at radius 1 is 1.19 bits per heavy atom. The number of amides is 1. The van der Waals surface area contributed by atoms with Gasteiger partial charge >= 0.3 is 0 Å². The molecule has 2 aliphatic heterocycles. The number of carbonyl (C=O) groups excluding carboxylic acids is 1. The summed E-state index contributed by atoms with van der Waals surface area (Å²) in [5.74, 6) is 0.728. The van der Waals surface area contributed by atoms with E-state index in [1.54, 1.807) is 30.7 Å². The number of carbonyl (C=O) groups is 1. The molecule has 6 heteroatoms. The number of ether oxygens (including phenoxy) is 2. The minimum absolute atomic E-state index is 0.0937. The van der Waals surface area contributed by atoms with Crippen LogP contribution in [0.5, 0.6) is 5.88 Å². The number of nitrogens with zero attached hydrogens (tertiary/aromatic N) is 3. The second-order valence-corrected chi connectivity index (χ2v) is 7.14. The second-order valence-electron chi connectivity index (χ2n) is 7.14. The van der Waals surface area contributed by atoms with E-state index in [9.17, 15) is 4.79 Å². The molecule has 136 valence electrons. The molecule has 0 bridgehead atoms. The SMILES string of the molecule is O=C(c1ccncc1)N1CCC2(CC1)CO[C@@H](COc1ccccn1)C2. The lowest BCUT2D eigenvalue weighted by Gasteiger charge is -2.38. The normalized spacial score (nSPS) is 21.7. The van der Waals surface area contributed by atoms with E-state index in [1.165, 1.54) is 0 Å². The second kappa shape index (κ2) is 7.41. The van der Waals surface area contributed by atoms with Crippen molar-refractivity contribution < 1.29 is 14.3 Å². The van der Waals surface area contributed by atoms with E-state index in [0.717, 1.165) is 39.0 Å². The number of piperidine rings is 1. The van der Waals surface area contributed by atoms with E-state index in [2.05, 4.69) is 9.97 Å². The van der Waals surface area contributed by atoms with E-state index < -0.39 is 0 Å². The zero-order valence-electron chi connectivity index (χ0n) is 14.7. The zero-order chi connectivity index (χ0) is 17.8. The lowest BCUT2D eigenvalue weighted by Crippen LogP contribution is -2.43. The molecule has 1 amide bonds. The first kappa shape index (κ1) is 17.0. The molecule has 26 heavy (non-hydrogen) atoms. The van der Waals surface area contributed by atoms with Gasteiger partial charge in [-0.3, -0.25) is 9.78 Å². The fraction of sp³-hybridized carbons (Fsp3) is 0.450. The molecule has 6 nitrogen and oxygen atoms in total. The molecule has 0 N–H and O–H groups in total. The summed E-state index contributed by atoms with van der Waals surface area (Å²) in [5.41, 5.74) is 0.882. The fourth-order valence-corrected chi connectivity index (χ4v) is 3.82. The topological polar surface area (TPSA) is 64.6 Å². The standard InChI is InChI=1S/C20H23N3O3/c24-19(16-4-9-21-10-5-16)23-11-6-20(7-12-23)13-17(26-15-20)14-25-18-3-1-2-8-22-18/h1-5,8-10,17H,6-7,11-15H2/t17-/m1/s1. The van der Waals surface area contributed by atoms with Gasteiger partial charge in [0.25, 0.3) is 5.91 Å². The van der Waals surface area contributed by atoms with Crippen molar-refractivity contribution in [2.45, 2.75) is 25.4 Å². The van der Waals surface area contributed by atoms with Crippen molar-refractivity contribution in [3.8, 4) is 5.88 Å². The molecule has 0 unspecified atom stereocenters. The van der Waals surface area contributed by atoms with Gasteiger partial charge in [0.15, 0.2) is 0 Å². The quantitative estimate of drug-likeness (QED) is 0.845. The van der Waals surface area contributed by atoms with Crippen LogP contribution in [0.3, 0.4) is 0 Å². The Hall–Kier alpha value is -2.47. The smallest absolute Gasteiger partial charge is 0.253 e. The van der Waals surface area contributed by atoms with Gasteiger partial charge in [0.1, 0.15) is 6.61 Å². The highest BCUT2D eigenvalue weighted by Crippen LogP contribution is 2.42. The highest BCUT2D eigenvalue weighted by Gasteiger charge is 2.43. The summed E-state index contributed by atoms with van der Waals surface area (Å²) in [6.07, 6.45) is 8.08. The average Bonchev–Trinajstić information content (AvgIpc) is 3.10. The summed E-state index contributed by atoms with van der Waals surface area (Å²) >= 11 is 0. The van der Waals surface area contributed by atoms with Gasteiger partial charge in [-0.25, -0.2) is 4.98 Å². The van der Waals surface area contributed by atoms with Crippen LogP contribution in [0, 0.1) is 5.41 Å². The maximum Gasteiger partial charge on any atom is 0.253 e. The Morgan fingerprint density at radius 2 is 2.00 bits per heavy atom. The van der Waals surface area contributed by atoms with Crippen LogP contribution in [0.25, 0.3) is 0 Å². The highest BCUT2D eigenvalue weighted by atomic mass is 16.5. The van der Waals surface area contributed by atoms with Crippen LogP contribution in [0.4, 0.5) is 0 Å². The van der Waals surface area contributed by atoms with Crippen molar-refractivity contribution in [1.82, 2.24) is 14.9 Å². The molecule has 0 aliphatic carbocycles. The number of likely N-dealkylation sites (tertiary alicyclic amines) is 1. The Kier molecular flexibility index (Phi) is 4.84. The molecular formula is C20H23N3O3. The summed E-state index contributed by atoms with van der Waals surface area (Å²) in [4.78, 5) is 22.7. The van der Waals surface area contributed by atoms with E-state index in [1.807, 2.05) is 23.1 Å². The largest absolute Gasteiger partial charge is 0.475 e. The molecule has 2 aromatic rings. The molecule has 1 spiro atoms.